The first-order valence-corrected chi connectivity index (χ1v) is 20.6. The number of carbonyl (C=O) groups is 4. The van der Waals surface area contributed by atoms with E-state index < -0.39 is 119 Å². The van der Waals surface area contributed by atoms with Crippen molar-refractivity contribution in [1.29, 1.82) is 0 Å². The smallest absolute Gasteiger partial charge is 0.417 e. The van der Waals surface area contributed by atoms with E-state index in [9.17, 15) is 32.3 Å². The maximum absolute atomic E-state index is 14.2. The molecule has 2 aromatic rings. The first-order valence-electron chi connectivity index (χ1n) is 18.4. The van der Waals surface area contributed by atoms with Crippen LogP contribution in [0.4, 0.5) is 18.0 Å². The van der Waals surface area contributed by atoms with Crippen LogP contribution in [-0.4, -0.2) is 120 Å². The molecule has 0 saturated carbocycles. The molecule has 3 heterocycles. The maximum Gasteiger partial charge on any atom is 0.417 e. The Balaban J connectivity index is 1.65. The van der Waals surface area contributed by atoms with E-state index in [0.29, 0.717) is 11.3 Å². The van der Waals surface area contributed by atoms with Crippen molar-refractivity contribution in [2.24, 2.45) is 4.99 Å². The number of esters is 3. The van der Waals surface area contributed by atoms with Crippen LogP contribution in [-0.2, 0) is 63.2 Å². The Bertz CT molecular complexity index is 1830. The molecule has 3 aliphatic heterocycles. The molecule has 60 heavy (non-hydrogen) atoms. The molecule has 1 N–H and O–H groups in total. The summed E-state index contributed by atoms with van der Waals surface area (Å²) in [4.78, 5) is 55.0. The fraction of sp³-hybridized carbons (Fsp3) is 0.553. The van der Waals surface area contributed by atoms with Crippen LogP contribution in [0, 0.1) is 0 Å². The quantitative estimate of drug-likeness (QED) is 0.106. The number of hydrogen-bond acceptors (Lipinski definition) is 15. The molecule has 22 heteroatoms. The fourth-order valence-corrected chi connectivity index (χ4v) is 7.79. The van der Waals surface area contributed by atoms with Gasteiger partial charge in [0.05, 0.1) is 18.2 Å². The average Bonchev–Trinajstić information content (AvgIpc) is 3.17. The van der Waals surface area contributed by atoms with E-state index in [1.54, 1.807) is 30.3 Å². The largest absolute Gasteiger partial charge is 0.463 e. The van der Waals surface area contributed by atoms with Gasteiger partial charge in [-0.15, -0.1) is 11.8 Å². The lowest BCUT2D eigenvalue weighted by Gasteiger charge is -2.51. The summed E-state index contributed by atoms with van der Waals surface area (Å²) in [6, 6.07) is 10.6. The van der Waals surface area contributed by atoms with Crippen molar-refractivity contribution in [2.45, 2.75) is 104 Å². The molecule has 15 nitrogen and oxygen atoms in total. The molecule has 0 bridgehead atoms. The molecule has 0 radical (unpaired) electrons. The molecule has 11 atom stereocenters. The van der Waals surface area contributed by atoms with Crippen molar-refractivity contribution < 1.29 is 75.0 Å². The minimum atomic E-state index is -4.80. The molecule has 330 valence electrons. The van der Waals surface area contributed by atoms with Crippen LogP contribution in [0.25, 0.3) is 0 Å². The lowest BCUT2D eigenvalue weighted by Crippen LogP contribution is -2.69. The van der Waals surface area contributed by atoms with E-state index in [1.165, 1.54) is 23.9 Å². The molecule has 3 saturated heterocycles. The van der Waals surface area contributed by atoms with E-state index in [0.717, 1.165) is 39.1 Å². The Morgan fingerprint density at radius 3 is 2.18 bits per heavy atom. The summed E-state index contributed by atoms with van der Waals surface area (Å²) < 4.78 is 94.3. The normalized spacial score (nSPS) is 29.5. The summed E-state index contributed by atoms with van der Waals surface area (Å²) >= 11 is 18.8. The molecule has 0 aliphatic carbocycles. The Labute approximate surface area is 362 Å². The Hall–Kier alpha value is -3.40. The highest BCUT2D eigenvalue weighted by Crippen LogP contribution is 2.41. The lowest BCUT2D eigenvalue weighted by molar-refractivity contribution is -0.343. The topological polar surface area (TPSA) is 176 Å². The number of rotatable bonds is 13. The molecule has 5 rings (SSSR count). The second-order valence-corrected chi connectivity index (χ2v) is 17.4. The van der Waals surface area contributed by atoms with Crippen LogP contribution in [0.5, 0.6) is 0 Å². The van der Waals surface area contributed by atoms with E-state index in [-0.39, 0.29) is 12.2 Å². The highest BCUT2D eigenvalue weighted by Gasteiger charge is 2.56. The molecule has 0 unspecified atom stereocenters. The zero-order valence-electron chi connectivity index (χ0n) is 32.4. The van der Waals surface area contributed by atoms with Gasteiger partial charge in [-0.3, -0.25) is 19.4 Å². The highest BCUT2D eigenvalue weighted by molar-refractivity contribution is 7.99. The predicted molar refractivity (Wildman–Crippen MR) is 209 cm³/mol. The van der Waals surface area contributed by atoms with Crippen molar-refractivity contribution in [1.82, 2.24) is 5.32 Å². The van der Waals surface area contributed by atoms with Crippen molar-refractivity contribution in [3.63, 3.8) is 0 Å². The van der Waals surface area contributed by atoms with Gasteiger partial charge in [0.2, 0.25) is 3.79 Å². The third-order valence-corrected chi connectivity index (χ3v) is 10.4. The van der Waals surface area contributed by atoms with Gasteiger partial charge in [-0.1, -0.05) is 90.3 Å². The van der Waals surface area contributed by atoms with Gasteiger partial charge in [0.15, 0.2) is 24.8 Å². The van der Waals surface area contributed by atoms with Crippen LogP contribution < -0.4 is 5.32 Å². The molecule has 0 spiro atoms. The third kappa shape index (κ3) is 13.1. The van der Waals surface area contributed by atoms with Gasteiger partial charge < -0.3 is 47.9 Å². The highest BCUT2D eigenvalue weighted by atomic mass is 35.6. The number of ether oxygens (including phenoxy) is 9. The van der Waals surface area contributed by atoms with Gasteiger partial charge in [-0.25, -0.2) is 4.79 Å². The number of benzene rings is 2. The number of thioether (sulfide) groups is 1. The van der Waals surface area contributed by atoms with Crippen molar-refractivity contribution in [3.8, 4) is 0 Å². The van der Waals surface area contributed by atoms with Crippen LogP contribution in [0.15, 0.2) is 59.6 Å². The van der Waals surface area contributed by atoms with E-state index in [4.69, 9.17) is 77.4 Å². The minimum absolute atomic E-state index is 0.0314. The molecule has 3 aliphatic rings. The summed E-state index contributed by atoms with van der Waals surface area (Å²) in [6.07, 6.45) is -15.5. The number of hydrogen-bond donors (Lipinski definition) is 1. The number of nitrogens with zero attached hydrogens (tertiary/aromatic N) is 1. The lowest BCUT2D eigenvalue weighted by atomic mass is 9.94. The molecular formula is C38H42Cl3F3N2O13S. The Morgan fingerprint density at radius 1 is 0.883 bits per heavy atom. The number of alkyl halides is 6. The fourth-order valence-electron chi connectivity index (χ4n) is 6.64. The molecule has 2 aromatic carbocycles. The van der Waals surface area contributed by atoms with Crippen LogP contribution in [0.1, 0.15) is 50.7 Å². The Morgan fingerprint density at radius 2 is 1.55 bits per heavy atom. The first-order chi connectivity index (χ1) is 28.3. The van der Waals surface area contributed by atoms with E-state index >= 15 is 0 Å². The SMILES string of the molecule is CCS[C@@H]1O[C@@H]2CO[C@@H](c3ccccc3)O[C@H]2[C@H](O[C@H]2O[C@H](COC(C)=O)[C@@H](OC(C)=O)[C@H](OC(C)=O)[C@H]2N=Cc2ccccc2C(F)(F)F)[C@H]1NC(=O)OCC(Cl)(Cl)Cl. The minimum Gasteiger partial charge on any atom is -0.463 e. The van der Waals surface area contributed by atoms with Crippen molar-refractivity contribution >= 4 is 76.8 Å². The number of nitrogens with one attached hydrogen (secondary N) is 1. The summed E-state index contributed by atoms with van der Waals surface area (Å²) in [5.41, 5.74) is -1.70. The van der Waals surface area contributed by atoms with Crippen LogP contribution >= 0.6 is 46.6 Å². The van der Waals surface area contributed by atoms with Crippen molar-refractivity contribution in [3.05, 3.63) is 71.3 Å². The number of carbonyl (C=O) groups excluding carboxylic acids is 4. The summed E-state index contributed by atoms with van der Waals surface area (Å²) in [5, 5.41) is 2.71. The maximum atomic E-state index is 14.2. The summed E-state index contributed by atoms with van der Waals surface area (Å²) in [6.45, 7) is 3.81. The van der Waals surface area contributed by atoms with Gasteiger partial charge in [-0.2, -0.15) is 13.2 Å². The Kier molecular flexibility index (Phi) is 16.8. The second kappa shape index (κ2) is 21.1. The summed E-state index contributed by atoms with van der Waals surface area (Å²) in [7, 11) is 0. The number of aliphatic imine (C=N–C) groups is 1. The zero-order chi connectivity index (χ0) is 43.8. The van der Waals surface area contributed by atoms with Crippen LogP contribution in [0.3, 0.4) is 0 Å². The number of fused-ring (bicyclic) bond motifs is 1. The van der Waals surface area contributed by atoms with Crippen LogP contribution in [0.2, 0.25) is 0 Å². The summed E-state index contributed by atoms with van der Waals surface area (Å²) in [5.74, 6) is -2.07. The number of alkyl carbamates (subject to hydrolysis) is 1. The monoisotopic (exact) mass is 928 g/mol. The van der Waals surface area contributed by atoms with E-state index in [2.05, 4.69) is 10.3 Å². The molecule has 1 amide bonds. The molecule has 0 aromatic heterocycles. The van der Waals surface area contributed by atoms with Gasteiger partial charge in [0, 0.05) is 38.1 Å². The first kappa shape index (κ1) is 47.6. The molecule has 3 fully saturated rings. The zero-order valence-corrected chi connectivity index (χ0v) is 35.5. The third-order valence-electron chi connectivity index (χ3n) is 9.01. The standard InChI is InChI=1S/C38H42Cl3F3N2O13S/c1-5-60-35-28(46-36(50)53-18-37(39,40)41)32(30-26(57-35)17-52-33(58-30)22-11-7-6-8-12-22)59-34-27(45-15-23-13-9-10-14-24(23)38(42,43)44)31(55-21(4)49)29(54-20(3)48)25(56-34)16-51-19(2)47/h6-15,25-35H,5,16-18H2,1-4H3,(H,46,50)/t25-,26-,27-,28-,29-,30-,31-,32-,33-,34-,35+/m1/s1. The van der Waals surface area contributed by atoms with Gasteiger partial charge >= 0.3 is 30.2 Å². The second-order valence-electron chi connectivity index (χ2n) is 13.5. The average molecular weight is 930 g/mol. The van der Waals surface area contributed by atoms with Gasteiger partial charge in [-0.05, 0) is 11.8 Å². The number of halogens is 6. The number of amides is 1. The molecular weight excluding hydrogens is 888 g/mol. The van der Waals surface area contributed by atoms with Gasteiger partial charge in [0.25, 0.3) is 0 Å². The van der Waals surface area contributed by atoms with Gasteiger partial charge in [0.1, 0.15) is 49.1 Å². The van der Waals surface area contributed by atoms with Crippen molar-refractivity contribution in [2.75, 3.05) is 25.6 Å². The predicted octanol–water partition coefficient (Wildman–Crippen LogP) is 6.09. The van der Waals surface area contributed by atoms with E-state index in [1.807, 2.05) is 6.92 Å².